The van der Waals surface area contributed by atoms with Crippen LogP contribution in [0.3, 0.4) is 0 Å². The van der Waals surface area contributed by atoms with Crippen molar-refractivity contribution < 1.29 is 18.8 Å². The molecular weight excluding hydrogens is 408 g/mol. The number of carbonyl (C=O) groups excluding carboxylic acids is 2. The SMILES string of the molecule is Cc1cc(NC(=O)[C@@H](NCc2ccc(C(=O)N3CCOCC3)cc2)c2ccccc2)no1. The lowest BCUT2D eigenvalue weighted by Crippen LogP contribution is -2.40. The zero-order valence-electron chi connectivity index (χ0n) is 17.9. The molecule has 1 aromatic heterocycles. The number of aryl methyl sites for hydroxylation is 1. The first-order valence-corrected chi connectivity index (χ1v) is 10.6. The number of hydrogen-bond acceptors (Lipinski definition) is 6. The number of morpholine rings is 1. The Morgan fingerprint density at radius 2 is 1.78 bits per heavy atom. The van der Waals surface area contributed by atoms with Crippen LogP contribution >= 0.6 is 0 Å². The number of rotatable bonds is 7. The number of benzene rings is 2. The lowest BCUT2D eigenvalue weighted by atomic mass is 10.0. The molecule has 32 heavy (non-hydrogen) atoms. The van der Waals surface area contributed by atoms with E-state index in [2.05, 4.69) is 15.8 Å². The topological polar surface area (TPSA) is 96.7 Å². The van der Waals surface area contributed by atoms with Gasteiger partial charge < -0.3 is 19.5 Å². The quantitative estimate of drug-likeness (QED) is 0.594. The number of ether oxygens (including phenoxy) is 1. The molecule has 0 radical (unpaired) electrons. The molecule has 0 saturated carbocycles. The van der Waals surface area contributed by atoms with Gasteiger partial charge in [0, 0.05) is 31.3 Å². The minimum Gasteiger partial charge on any atom is -0.378 e. The molecule has 8 nitrogen and oxygen atoms in total. The summed E-state index contributed by atoms with van der Waals surface area (Å²) < 4.78 is 10.3. The maximum absolute atomic E-state index is 12.9. The van der Waals surface area contributed by atoms with Crippen molar-refractivity contribution in [3.8, 4) is 0 Å². The van der Waals surface area contributed by atoms with Crippen LogP contribution < -0.4 is 10.6 Å². The first-order valence-electron chi connectivity index (χ1n) is 10.6. The molecule has 3 aromatic rings. The molecule has 0 bridgehead atoms. The fourth-order valence-corrected chi connectivity index (χ4v) is 3.57. The third kappa shape index (κ3) is 5.40. The van der Waals surface area contributed by atoms with Crippen molar-refractivity contribution in [2.24, 2.45) is 0 Å². The van der Waals surface area contributed by atoms with Crippen molar-refractivity contribution in [1.82, 2.24) is 15.4 Å². The van der Waals surface area contributed by atoms with Crippen LogP contribution in [0.4, 0.5) is 5.82 Å². The molecule has 2 heterocycles. The molecular formula is C24H26N4O4. The molecule has 1 aliphatic heterocycles. The van der Waals surface area contributed by atoms with Gasteiger partial charge in [-0.3, -0.25) is 14.9 Å². The molecule has 1 fully saturated rings. The Morgan fingerprint density at radius 3 is 2.44 bits per heavy atom. The molecule has 0 unspecified atom stereocenters. The summed E-state index contributed by atoms with van der Waals surface area (Å²) in [6, 6.07) is 18.0. The molecule has 4 rings (SSSR count). The van der Waals surface area contributed by atoms with Crippen LogP contribution in [0.25, 0.3) is 0 Å². The standard InChI is InChI=1S/C24H26N4O4/c1-17-15-21(27-32-17)26-23(29)22(19-5-3-2-4-6-19)25-16-18-7-9-20(10-8-18)24(30)28-11-13-31-14-12-28/h2-10,15,22,25H,11-14,16H2,1H3,(H,26,27,29)/t22-/m0/s1. The van der Waals surface area contributed by atoms with Gasteiger partial charge in [-0.1, -0.05) is 47.6 Å². The van der Waals surface area contributed by atoms with E-state index in [0.29, 0.717) is 50.0 Å². The summed E-state index contributed by atoms with van der Waals surface area (Å²) in [5, 5.41) is 9.94. The van der Waals surface area contributed by atoms with Gasteiger partial charge in [-0.15, -0.1) is 0 Å². The molecule has 0 spiro atoms. The van der Waals surface area contributed by atoms with Crippen LogP contribution in [-0.2, 0) is 16.1 Å². The maximum Gasteiger partial charge on any atom is 0.254 e. The van der Waals surface area contributed by atoms with Crippen LogP contribution in [0.5, 0.6) is 0 Å². The molecule has 1 aliphatic rings. The number of amides is 2. The number of nitrogens with one attached hydrogen (secondary N) is 2. The monoisotopic (exact) mass is 434 g/mol. The summed E-state index contributed by atoms with van der Waals surface area (Å²) in [5.41, 5.74) is 2.45. The van der Waals surface area contributed by atoms with Gasteiger partial charge in [0.15, 0.2) is 5.82 Å². The molecule has 2 N–H and O–H groups in total. The Labute approximate surface area is 186 Å². The van der Waals surface area contributed by atoms with Crippen molar-refractivity contribution in [3.63, 3.8) is 0 Å². The molecule has 2 amide bonds. The molecule has 1 saturated heterocycles. The second kappa shape index (κ2) is 10.2. The average Bonchev–Trinajstić information content (AvgIpc) is 3.24. The van der Waals surface area contributed by atoms with E-state index < -0.39 is 6.04 Å². The van der Waals surface area contributed by atoms with E-state index in [9.17, 15) is 9.59 Å². The summed E-state index contributed by atoms with van der Waals surface area (Å²) in [5.74, 6) is 0.776. The third-order valence-corrected chi connectivity index (χ3v) is 5.28. The van der Waals surface area contributed by atoms with Gasteiger partial charge in [0.2, 0.25) is 5.91 Å². The van der Waals surface area contributed by atoms with Gasteiger partial charge in [-0.25, -0.2) is 0 Å². The number of anilines is 1. The second-order valence-corrected chi connectivity index (χ2v) is 7.64. The van der Waals surface area contributed by atoms with E-state index >= 15 is 0 Å². The third-order valence-electron chi connectivity index (χ3n) is 5.28. The zero-order valence-corrected chi connectivity index (χ0v) is 17.9. The summed E-state index contributed by atoms with van der Waals surface area (Å²) in [7, 11) is 0. The van der Waals surface area contributed by atoms with Crippen molar-refractivity contribution in [1.29, 1.82) is 0 Å². The number of nitrogens with zero attached hydrogens (tertiary/aromatic N) is 2. The second-order valence-electron chi connectivity index (χ2n) is 7.64. The van der Waals surface area contributed by atoms with E-state index in [1.54, 1.807) is 17.9 Å². The predicted molar refractivity (Wildman–Crippen MR) is 119 cm³/mol. The smallest absolute Gasteiger partial charge is 0.254 e. The first-order chi connectivity index (χ1) is 15.6. The highest BCUT2D eigenvalue weighted by atomic mass is 16.5. The Hall–Kier alpha value is -3.49. The van der Waals surface area contributed by atoms with E-state index in [0.717, 1.165) is 11.1 Å². The van der Waals surface area contributed by atoms with Gasteiger partial charge in [0.25, 0.3) is 5.91 Å². The molecule has 1 atom stereocenters. The van der Waals surface area contributed by atoms with Crippen LogP contribution in [-0.4, -0.2) is 48.2 Å². The number of carbonyl (C=O) groups is 2. The van der Waals surface area contributed by atoms with Crippen molar-refractivity contribution in [3.05, 3.63) is 83.1 Å². The molecule has 2 aromatic carbocycles. The minimum atomic E-state index is -0.581. The van der Waals surface area contributed by atoms with Gasteiger partial charge >= 0.3 is 0 Å². The highest BCUT2D eigenvalue weighted by Crippen LogP contribution is 2.18. The zero-order chi connectivity index (χ0) is 22.3. The van der Waals surface area contributed by atoms with E-state index in [4.69, 9.17) is 9.26 Å². The van der Waals surface area contributed by atoms with Crippen molar-refractivity contribution in [2.45, 2.75) is 19.5 Å². The fraction of sp³-hybridized carbons (Fsp3) is 0.292. The Balaban J connectivity index is 1.42. The van der Waals surface area contributed by atoms with Crippen molar-refractivity contribution in [2.75, 3.05) is 31.6 Å². The summed E-state index contributed by atoms with van der Waals surface area (Å²) in [6.45, 7) is 4.59. The lowest BCUT2D eigenvalue weighted by Gasteiger charge is -2.26. The van der Waals surface area contributed by atoms with Crippen molar-refractivity contribution >= 4 is 17.6 Å². The van der Waals surface area contributed by atoms with E-state index in [1.807, 2.05) is 54.6 Å². The fourth-order valence-electron chi connectivity index (χ4n) is 3.57. The summed E-state index contributed by atoms with van der Waals surface area (Å²) in [6.07, 6.45) is 0. The Morgan fingerprint density at radius 1 is 1.06 bits per heavy atom. The van der Waals surface area contributed by atoms with Crippen LogP contribution in [0.15, 0.2) is 65.2 Å². The number of aromatic nitrogens is 1. The molecule has 166 valence electrons. The largest absolute Gasteiger partial charge is 0.378 e. The minimum absolute atomic E-state index is 0.0113. The summed E-state index contributed by atoms with van der Waals surface area (Å²) in [4.78, 5) is 27.4. The molecule has 8 heteroatoms. The Kier molecular flexibility index (Phi) is 6.94. The lowest BCUT2D eigenvalue weighted by molar-refractivity contribution is -0.118. The summed E-state index contributed by atoms with van der Waals surface area (Å²) >= 11 is 0. The normalized spacial score (nSPS) is 14.7. The molecule has 0 aliphatic carbocycles. The van der Waals surface area contributed by atoms with Gasteiger partial charge in [0.05, 0.1) is 13.2 Å². The van der Waals surface area contributed by atoms with Crippen LogP contribution in [0, 0.1) is 6.92 Å². The maximum atomic E-state index is 12.9. The highest BCUT2D eigenvalue weighted by molar-refractivity contribution is 5.95. The average molecular weight is 434 g/mol. The van der Waals surface area contributed by atoms with E-state index in [1.165, 1.54) is 0 Å². The Bertz CT molecular complexity index is 1040. The van der Waals surface area contributed by atoms with Gasteiger partial charge in [-0.05, 0) is 30.2 Å². The van der Waals surface area contributed by atoms with Gasteiger partial charge in [0.1, 0.15) is 11.8 Å². The first kappa shape index (κ1) is 21.7. The number of hydrogen-bond donors (Lipinski definition) is 2. The van der Waals surface area contributed by atoms with E-state index in [-0.39, 0.29) is 11.8 Å². The van der Waals surface area contributed by atoms with Gasteiger partial charge in [-0.2, -0.15) is 0 Å². The van der Waals surface area contributed by atoms with Crippen LogP contribution in [0.1, 0.15) is 33.3 Å². The highest BCUT2D eigenvalue weighted by Gasteiger charge is 2.22. The van der Waals surface area contributed by atoms with Crippen LogP contribution in [0.2, 0.25) is 0 Å². The predicted octanol–water partition coefficient (Wildman–Crippen LogP) is 2.93.